The average Bonchev–Trinajstić information content (AvgIpc) is 2.80. The van der Waals surface area contributed by atoms with Gasteiger partial charge in [0.15, 0.2) is 5.11 Å². The number of rotatable bonds is 7. The third kappa shape index (κ3) is 7.07. The minimum atomic E-state index is -0.453. The SMILES string of the molecule is COC(=O)c1ccc(C(=O)NC(=S)Nc2ccc(OCCC3CCCCC3)cc2)cc1. The highest BCUT2D eigenvalue weighted by Crippen LogP contribution is 2.26. The van der Waals surface area contributed by atoms with Crippen molar-refractivity contribution in [3.8, 4) is 5.75 Å². The molecule has 0 heterocycles. The second-order valence-corrected chi connectivity index (χ2v) is 8.05. The van der Waals surface area contributed by atoms with Crippen molar-refractivity contribution in [2.75, 3.05) is 19.0 Å². The number of amides is 1. The molecule has 0 unspecified atom stereocenters. The van der Waals surface area contributed by atoms with Crippen LogP contribution in [0.5, 0.6) is 5.75 Å². The molecule has 164 valence electrons. The summed E-state index contributed by atoms with van der Waals surface area (Å²) in [5, 5.41) is 5.80. The van der Waals surface area contributed by atoms with Gasteiger partial charge in [-0.15, -0.1) is 0 Å². The van der Waals surface area contributed by atoms with Crippen LogP contribution in [0.15, 0.2) is 48.5 Å². The summed E-state index contributed by atoms with van der Waals surface area (Å²) in [7, 11) is 1.31. The zero-order valence-electron chi connectivity index (χ0n) is 17.7. The highest BCUT2D eigenvalue weighted by molar-refractivity contribution is 7.80. The number of hydrogen-bond donors (Lipinski definition) is 2. The zero-order chi connectivity index (χ0) is 22.1. The van der Waals surface area contributed by atoms with Crippen LogP contribution in [0.1, 0.15) is 59.2 Å². The standard InChI is InChI=1S/C24H28N2O4S/c1-29-23(28)19-9-7-18(8-10-19)22(27)26-24(31)25-20-11-13-21(14-12-20)30-16-15-17-5-3-2-4-6-17/h7-14,17H,2-6,15-16H2,1H3,(H2,25,26,27,31). The first-order valence-corrected chi connectivity index (χ1v) is 11.0. The first-order chi connectivity index (χ1) is 15.0. The number of nitrogens with one attached hydrogen (secondary N) is 2. The molecule has 1 aliphatic carbocycles. The van der Waals surface area contributed by atoms with Crippen molar-refractivity contribution in [2.45, 2.75) is 38.5 Å². The van der Waals surface area contributed by atoms with Gasteiger partial charge < -0.3 is 14.8 Å². The predicted octanol–water partition coefficient (Wildman–Crippen LogP) is 4.95. The van der Waals surface area contributed by atoms with Crippen LogP contribution < -0.4 is 15.4 Å². The molecule has 6 nitrogen and oxygen atoms in total. The number of carbonyl (C=O) groups is 2. The van der Waals surface area contributed by atoms with Crippen molar-refractivity contribution >= 4 is 34.9 Å². The van der Waals surface area contributed by atoms with Gasteiger partial charge in [0.1, 0.15) is 5.75 Å². The molecular formula is C24H28N2O4S. The largest absolute Gasteiger partial charge is 0.494 e. The number of methoxy groups -OCH3 is 1. The Bertz CT molecular complexity index is 891. The second kappa shape index (κ2) is 11.5. The Kier molecular flexibility index (Phi) is 8.41. The van der Waals surface area contributed by atoms with E-state index in [1.165, 1.54) is 51.3 Å². The van der Waals surface area contributed by atoms with Crippen LogP contribution in [-0.4, -0.2) is 30.7 Å². The molecule has 0 spiro atoms. The first-order valence-electron chi connectivity index (χ1n) is 10.6. The van der Waals surface area contributed by atoms with Crippen molar-refractivity contribution < 1.29 is 19.1 Å². The molecule has 0 aliphatic heterocycles. The van der Waals surface area contributed by atoms with E-state index in [9.17, 15) is 9.59 Å². The van der Waals surface area contributed by atoms with E-state index >= 15 is 0 Å². The fourth-order valence-corrected chi connectivity index (χ4v) is 3.88. The van der Waals surface area contributed by atoms with E-state index in [1.807, 2.05) is 24.3 Å². The molecule has 0 bridgehead atoms. The molecule has 7 heteroatoms. The zero-order valence-corrected chi connectivity index (χ0v) is 18.5. The molecule has 0 radical (unpaired) electrons. The van der Waals surface area contributed by atoms with Gasteiger partial charge in [0.25, 0.3) is 5.91 Å². The smallest absolute Gasteiger partial charge is 0.337 e. The molecule has 2 aromatic carbocycles. The number of hydrogen-bond acceptors (Lipinski definition) is 5. The Balaban J connectivity index is 1.43. The van der Waals surface area contributed by atoms with Crippen molar-refractivity contribution in [1.29, 1.82) is 0 Å². The summed E-state index contributed by atoms with van der Waals surface area (Å²) in [5.74, 6) is 0.802. The molecule has 1 fully saturated rings. The Morgan fingerprint density at radius 1 is 0.968 bits per heavy atom. The molecule has 31 heavy (non-hydrogen) atoms. The first kappa shape index (κ1) is 22.7. The number of carbonyl (C=O) groups excluding carboxylic acids is 2. The van der Waals surface area contributed by atoms with E-state index < -0.39 is 5.97 Å². The number of ether oxygens (including phenoxy) is 2. The maximum absolute atomic E-state index is 12.3. The van der Waals surface area contributed by atoms with E-state index in [4.69, 9.17) is 17.0 Å². The summed E-state index contributed by atoms with van der Waals surface area (Å²) in [5.41, 5.74) is 1.52. The quantitative estimate of drug-likeness (QED) is 0.469. The van der Waals surface area contributed by atoms with Crippen LogP contribution in [0, 0.1) is 5.92 Å². The fourth-order valence-electron chi connectivity index (χ4n) is 3.67. The van der Waals surface area contributed by atoms with E-state index in [0.29, 0.717) is 11.1 Å². The third-order valence-electron chi connectivity index (χ3n) is 5.43. The van der Waals surface area contributed by atoms with Gasteiger partial charge in [-0.05, 0) is 73.1 Å². The lowest BCUT2D eigenvalue weighted by atomic mass is 9.87. The van der Waals surface area contributed by atoms with Gasteiger partial charge >= 0.3 is 5.97 Å². The van der Waals surface area contributed by atoms with Gasteiger partial charge in [-0.25, -0.2) is 4.79 Å². The molecule has 2 aromatic rings. The minimum absolute atomic E-state index is 0.188. The molecular weight excluding hydrogens is 412 g/mol. The lowest BCUT2D eigenvalue weighted by Gasteiger charge is -2.21. The van der Waals surface area contributed by atoms with Gasteiger partial charge in [-0.2, -0.15) is 0 Å². The van der Waals surface area contributed by atoms with Crippen LogP contribution >= 0.6 is 12.2 Å². The van der Waals surface area contributed by atoms with Gasteiger partial charge in [0, 0.05) is 11.3 Å². The van der Waals surface area contributed by atoms with E-state index in [-0.39, 0.29) is 11.0 Å². The lowest BCUT2D eigenvalue weighted by Crippen LogP contribution is -2.34. The lowest BCUT2D eigenvalue weighted by molar-refractivity contribution is 0.0600. The van der Waals surface area contributed by atoms with Crippen LogP contribution in [0.3, 0.4) is 0 Å². The van der Waals surface area contributed by atoms with Gasteiger partial charge in [-0.1, -0.05) is 32.1 Å². The molecule has 3 rings (SSSR count). The molecule has 0 saturated heterocycles. The molecule has 1 saturated carbocycles. The fraction of sp³-hybridized carbons (Fsp3) is 0.375. The van der Waals surface area contributed by atoms with Gasteiger partial charge in [0.2, 0.25) is 0 Å². The molecule has 1 amide bonds. The molecule has 0 atom stereocenters. The Labute approximate surface area is 188 Å². The van der Waals surface area contributed by atoms with Gasteiger partial charge in [-0.3, -0.25) is 10.1 Å². The van der Waals surface area contributed by atoms with Crippen molar-refractivity contribution in [3.05, 3.63) is 59.7 Å². The molecule has 2 N–H and O–H groups in total. The summed E-state index contributed by atoms with van der Waals surface area (Å²) in [6, 6.07) is 13.7. The topological polar surface area (TPSA) is 76.7 Å². The maximum Gasteiger partial charge on any atom is 0.337 e. The Hall–Kier alpha value is -2.93. The number of anilines is 1. The van der Waals surface area contributed by atoms with Crippen molar-refractivity contribution in [3.63, 3.8) is 0 Å². The van der Waals surface area contributed by atoms with E-state index in [0.717, 1.165) is 30.4 Å². The number of thiocarbonyl (C=S) groups is 1. The highest BCUT2D eigenvalue weighted by atomic mass is 32.1. The minimum Gasteiger partial charge on any atom is -0.494 e. The normalized spacial score (nSPS) is 13.8. The van der Waals surface area contributed by atoms with Crippen molar-refractivity contribution in [1.82, 2.24) is 5.32 Å². The Morgan fingerprint density at radius 2 is 1.61 bits per heavy atom. The van der Waals surface area contributed by atoms with Crippen LogP contribution in [-0.2, 0) is 4.74 Å². The number of benzene rings is 2. The van der Waals surface area contributed by atoms with Crippen molar-refractivity contribution in [2.24, 2.45) is 5.92 Å². The third-order valence-corrected chi connectivity index (χ3v) is 5.63. The molecule has 1 aliphatic rings. The maximum atomic E-state index is 12.3. The van der Waals surface area contributed by atoms with E-state index in [2.05, 4.69) is 15.4 Å². The predicted molar refractivity (Wildman–Crippen MR) is 125 cm³/mol. The Morgan fingerprint density at radius 3 is 2.26 bits per heavy atom. The summed E-state index contributed by atoms with van der Waals surface area (Å²) in [4.78, 5) is 23.8. The highest BCUT2D eigenvalue weighted by Gasteiger charge is 2.13. The summed E-state index contributed by atoms with van der Waals surface area (Å²) in [6.45, 7) is 0.737. The van der Waals surface area contributed by atoms with Crippen LogP contribution in [0.2, 0.25) is 0 Å². The summed E-state index contributed by atoms with van der Waals surface area (Å²) < 4.78 is 10.5. The second-order valence-electron chi connectivity index (χ2n) is 7.64. The van der Waals surface area contributed by atoms with Gasteiger partial charge in [0.05, 0.1) is 19.3 Å². The van der Waals surface area contributed by atoms with Crippen LogP contribution in [0.4, 0.5) is 5.69 Å². The van der Waals surface area contributed by atoms with Crippen LogP contribution in [0.25, 0.3) is 0 Å². The summed E-state index contributed by atoms with van der Waals surface area (Å²) in [6.07, 6.45) is 7.82. The summed E-state index contributed by atoms with van der Waals surface area (Å²) >= 11 is 5.23. The molecule has 0 aromatic heterocycles. The van der Waals surface area contributed by atoms with E-state index in [1.54, 1.807) is 12.1 Å². The monoisotopic (exact) mass is 440 g/mol. The average molecular weight is 441 g/mol. The number of esters is 1.